The van der Waals surface area contributed by atoms with Gasteiger partial charge in [-0.3, -0.25) is 5.32 Å². The molecule has 0 bridgehead atoms. The summed E-state index contributed by atoms with van der Waals surface area (Å²) in [4.78, 5) is 13.8. The van der Waals surface area contributed by atoms with E-state index in [-0.39, 0.29) is 11.9 Å². The van der Waals surface area contributed by atoms with Crippen LogP contribution in [-0.2, 0) is 0 Å². The Balaban J connectivity index is 1.47. The number of benzene rings is 1. The average Bonchev–Trinajstić information content (AvgIpc) is 3.17. The summed E-state index contributed by atoms with van der Waals surface area (Å²) in [5.74, 6) is -1.44. The fourth-order valence-electron chi connectivity index (χ4n) is 2.64. The number of nitrogens with one attached hydrogen (secondary N) is 2. The van der Waals surface area contributed by atoms with E-state index in [4.69, 9.17) is 0 Å². The van der Waals surface area contributed by atoms with Gasteiger partial charge in [-0.25, -0.2) is 13.6 Å². The van der Waals surface area contributed by atoms with Crippen molar-refractivity contribution in [2.75, 3.05) is 29.9 Å². The second kappa shape index (κ2) is 7.08. The fraction of sp³-hybridized carbons (Fsp3) is 0.400. The number of halogens is 2. The Morgan fingerprint density at radius 3 is 2.92 bits per heavy atom. The maximum Gasteiger partial charge on any atom is 0.321 e. The van der Waals surface area contributed by atoms with Crippen molar-refractivity contribution in [1.29, 1.82) is 0 Å². The number of aryl methyl sites for hydroxylation is 1. The summed E-state index contributed by atoms with van der Waals surface area (Å²) < 4.78 is 26.3. The third kappa shape index (κ3) is 3.97. The van der Waals surface area contributed by atoms with E-state index in [1.54, 1.807) is 6.07 Å². The van der Waals surface area contributed by atoms with Gasteiger partial charge in [0, 0.05) is 31.4 Å². The number of nitrogens with zero attached hydrogens (tertiary/aromatic N) is 3. The summed E-state index contributed by atoms with van der Waals surface area (Å²) >= 11 is 1.31. The van der Waals surface area contributed by atoms with E-state index in [9.17, 15) is 13.6 Å². The van der Waals surface area contributed by atoms with Crippen molar-refractivity contribution in [3.8, 4) is 0 Å². The van der Waals surface area contributed by atoms with E-state index in [1.807, 2.05) is 11.8 Å². The van der Waals surface area contributed by atoms with Crippen LogP contribution < -0.4 is 15.5 Å². The van der Waals surface area contributed by atoms with Crippen LogP contribution in [0, 0.1) is 24.5 Å². The molecule has 2 N–H and O–H groups in total. The van der Waals surface area contributed by atoms with Crippen molar-refractivity contribution in [2.24, 2.45) is 5.92 Å². The van der Waals surface area contributed by atoms with E-state index in [2.05, 4.69) is 20.8 Å². The Morgan fingerprint density at radius 2 is 2.21 bits per heavy atom. The lowest BCUT2D eigenvalue weighted by atomic mass is 10.1. The molecule has 1 fully saturated rings. The van der Waals surface area contributed by atoms with Crippen LogP contribution >= 0.6 is 11.3 Å². The fourth-order valence-corrected chi connectivity index (χ4v) is 3.23. The number of hydrogen-bond donors (Lipinski definition) is 2. The number of anilines is 2. The average molecular weight is 353 g/mol. The van der Waals surface area contributed by atoms with Gasteiger partial charge in [0.2, 0.25) is 5.13 Å². The van der Waals surface area contributed by atoms with Crippen molar-refractivity contribution >= 4 is 28.2 Å². The third-order valence-corrected chi connectivity index (χ3v) is 4.61. The van der Waals surface area contributed by atoms with Gasteiger partial charge in [-0.2, -0.15) is 0 Å². The SMILES string of the molecule is Cc1nnc(NC(=O)NC[C@H]2CCN(c3ccc(F)c(F)c3)C2)s1. The third-order valence-electron chi connectivity index (χ3n) is 3.85. The second-order valence-electron chi connectivity index (χ2n) is 5.66. The highest BCUT2D eigenvalue weighted by Gasteiger charge is 2.23. The van der Waals surface area contributed by atoms with Crippen LogP contribution in [-0.4, -0.2) is 35.9 Å². The molecule has 1 saturated heterocycles. The largest absolute Gasteiger partial charge is 0.371 e. The maximum atomic E-state index is 13.3. The van der Waals surface area contributed by atoms with Crippen molar-refractivity contribution in [3.63, 3.8) is 0 Å². The van der Waals surface area contributed by atoms with Gasteiger partial charge in [-0.1, -0.05) is 11.3 Å². The zero-order valence-electron chi connectivity index (χ0n) is 13.1. The molecule has 0 radical (unpaired) electrons. The Labute approximate surface area is 141 Å². The normalized spacial score (nSPS) is 17.1. The zero-order valence-corrected chi connectivity index (χ0v) is 13.9. The monoisotopic (exact) mass is 353 g/mol. The van der Waals surface area contributed by atoms with Crippen molar-refractivity contribution in [3.05, 3.63) is 34.8 Å². The van der Waals surface area contributed by atoms with Crippen molar-refractivity contribution in [1.82, 2.24) is 15.5 Å². The number of amides is 2. The van der Waals surface area contributed by atoms with Crippen LogP contribution in [0.15, 0.2) is 18.2 Å². The molecule has 2 amide bonds. The zero-order chi connectivity index (χ0) is 17.1. The van der Waals surface area contributed by atoms with Gasteiger partial charge in [0.15, 0.2) is 11.6 Å². The highest BCUT2D eigenvalue weighted by atomic mass is 32.1. The van der Waals surface area contributed by atoms with Crippen LogP contribution in [0.1, 0.15) is 11.4 Å². The lowest BCUT2D eigenvalue weighted by Gasteiger charge is -2.19. The van der Waals surface area contributed by atoms with Crippen LogP contribution in [0.4, 0.5) is 24.4 Å². The van der Waals surface area contributed by atoms with Gasteiger partial charge in [-0.15, -0.1) is 10.2 Å². The Hall–Kier alpha value is -2.29. The first-order valence-electron chi connectivity index (χ1n) is 7.56. The van der Waals surface area contributed by atoms with Gasteiger partial charge in [0.05, 0.1) is 0 Å². The Bertz CT molecular complexity index is 738. The Morgan fingerprint density at radius 1 is 1.38 bits per heavy atom. The topological polar surface area (TPSA) is 70.1 Å². The molecule has 0 spiro atoms. The highest BCUT2D eigenvalue weighted by molar-refractivity contribution is 7.15. The number of rotatable bonds is 4. The molecule has 1 aromatic carbocycles. The van der Waals surface area contributed by atoms with E-state index in [1.165, 1.54) is 17.4 Å². The smallest absolute Gasteiger partial charge is 0.321 e. The first-order valence-corrected chi connectivity index (χ1v) is 8.38. The van der Waals surface area contributed by atoms with Crippen LogP contribution in [0.2, 0.25) is 0 Å². The van der Waals surface area contributed by atoms with Gasteiger partial charge >= 0.3 is 6.03 Å². The molecule has 0 saturated carbocycles. The molecule has 1 atom stereocenters. The molecule has 0 unspecified atom stereocenters. The predicted octanol–water partition coefficient (Wildman–Crippen LogP) is 2.77. The highest BCUT2D eigenvalue weighted by Crippen LogP contribution is 2.25. The van der Waals surface area contributed by atoms with E-state index in [0.29, 0.717) is 23.9 Å². The Kier molecular flexibility index (Phi) is 4.89. The maximum absolute atomic E-state index is 13.3. The van der Waals surface area contributed by atoms with Crippen molar-refractivity contribution < 1.29 is 13.6 Å². The second-order valence-corrected chi connectivity index (χ2v) is 6.84. The number of urea groups is 1. The van der Waals surface area contributed by atoms with E-state index < -0.39 is 11.6 Å². The first-order chi connectivity index (χ1) is 11.5. The summed E-state index contributed by atoms with van der Waals surface area (Å²) in [6.45, 7) is 3.74. The number of aromatic nitrogens is 2. The minimum absolute atomic E-state index is 0.250. The summed E-state index contributed by atoms with van der Waals surface area (Å²) in [5.41, 5.74) is 0.658. The number of carbonyl (C=O) groups excluding carboxylic acids is 1. The molecular formula is C15H17F2N5OS. The molecule has 3 rings (SSSR count). The molecule has 128 valence electrons. The molecule has 1 aliphatic heterocycles. The molecule has 0 aliphatic carbocycles. The number of hydrogen-bond acceptors (Lipinski definition) is 5. The van der Waals surface area contributed by atoms with Crippen LogP contribution in [0.25, 0.3) is 0 Å². The molecule has 1 aromatic heterocycles. The molecule has 2 heterocycles. The predicted molar refractivity (Wildman–Crippen MR) is 88.3 cm³/mol. The summed E-state index contributed by atoms with van der Waals surface area (Å²) in [5, 5.41) is 14.3. The van der Waals surface area contributed by atoms with Gasteiger partial charge in [0.1, 0.15) is 5.01 Å². The minimum atomic E-state index is -0.847. The molecule has 9 heteroatoms. The van der Waals surface area contributed by atoms with Crippen LogP contribution in [0.3, 0.4) is 0 Å². The summed E-state index contributed by atoms with van der Waals surface area (Å²) in [6, 6.07) is 3.58. The van der Waals surface area contributed by atoms with Gasteiger partial charge in [-0.05, 0) is 31.4 Å². The minimum Gasteiger partial charge on any atom is -0.371 e. The van der Waals surface area contributed by atoms with E-state index in [0.717, 1.165) is 24.0 Å². The number of carbonyl (C=O) groups is 1. The molecule has 6 nitrogen and oxygen atoms in total. The quantitative estimate of drug-likeness (QED) is 0.887. The van der Waals surface area contributed by atoms with Gasteiger partial charge in [0.25, 0.3) is 0 Å². The van der Waals surface area contributed by atoms with Crippen LogP contribution in [0.5, 0.6) is 0 Å². The summed E-state index contributed by atoms with van der Waals surface area (Å²) in [7, 11) is 0. The molecule has 2 aromatic rings. The standard InChI is InChI=1S/C15H17F2N5OS/c1-9-20-21-15(24-9)19-14(23)18-7-10-4-5-22(8-10)11-2-3-12(16)13(17)6-11/h2-3,6,10H,4-5,7-8H2,1H3,(H2,18,19,21,23)/t10-/m1/s1. The summed E-state index contributed by atoms with van der Waals surface area (Å²) in [6.07, 6.45) is 0.872. The van der Waals surface area contributed by atoms with Crippen molar-refractivity contribution in [2.45, 2.75) is 13.3 Å². The van der Waals surface area contributed by atoms with E-state index >= 15 is 0 Å². The lowest BCUT2D eigenvalue weighted by Crippen LogP contribution is -2.34. The molecule has 1 aliphatic rings. The molecular weight excluding hydrogens is 336 g/mol. The first kappa shape index (κ1) is 16.6. The molecule has 24 heavy (non-hydrogen) atoms. The van der Waals surface area contributed by atoms with Gasteiger partial charge < -0.3 is 10.2 Å². The lowest BCUT2D eigenvalue weighted by molar-refractivity contribution is 0.250.